The largest absolute Gasteiger partial charge is 0.477 e. The lowest BCUT2D eigenvalue weighted by Gasteiger charge is -2.05. The monoisotopic (exact) mass is 274 g/mol. The van der Waals surface area contributed by atoms with Crippen molar-refractivity contribution in [2.24, 2.45) is 0 Å². The number of carboxylic acids is 1. The van der Waals surface area contributed by atoms with Crippen molar-refractivity contribution in [3.8, 4) is 0 Å². The Morgan fingerprint density at radius 2 is 2.00 bits per heavy atom. The van der Waals surface area contributed by atoms with Gasteiger partial charge in [-0.1, -0.05) is 22.9 Å². The van der Waals surface area contributed by atoms with Crippen LogP contribution in [0.3, 0.4) is 0 Å². The number of thiazole rings is 1. The fourth-order valence-electron chi connectivity index (χ4n) is 0.702. The number of carbonyl (C=O) groups excluding carboxylic acids is 1. The number of carboxylic acid groups (broad SMARTS) is 1. The van der Waals surface area contributed by atoms with Gasteiger partial charge in [-0.3, -0.25) is 4.79 Å². The summed E-state index contributed by atoms with van der Waals surface area (Å²) in [6.45, 7) is 0. The van der Waals surface area contributed by atoms with Gasteiger partial charge in [-0.25, -0.2) is 9.78 Å². The predicted octanol–water partition coefficient (Wildman–Crippen LogP) is 2.00. The summed E-state index contributed by atoms with van der Waals surface area (Å²) in [5, 5.41) is 9.90. The van der Waals surface area contributed by atoms with Crippen molar-refractivity contribution in [2.75, 3.05) is 5.32 Å². The van der Waals surface area contributed by atoms with Crippen LogP contribution in [0.15, 0.2) is 0 Å². The fraction of sp³-hybridized carbons (Fsp3) is 0.167. The molecule has 0 aliphatic rings. The minimum Gasteiger partial charge on any atom is -0.477 e. The normalized spacial score (nSPS) is 11.2. The minimum atomic E-state index is -5.12. The number of anilines is 1. The molecule has 0 saturated carbocycles. The van der Waals surface area contributed by atoms with Gasteiger partial charge in [-0.05, 0) is 0 Å². The Morgan fingerprint density at radius 3 is 2.44 bits per heavy atom. The van der Waals surface area contributed by atoms with Gasteiger partial charge in [0.05, 0.1) is 0 Å². The number of rotatable bonds is 2. The zero-order valence-electron chi connectivity index (χ0n) is 7.13. The molecule has 0 atom stereocenters. The summed E-state index contributed by atoms with van der Waals surface area (Å²) in [5.74, 6) is -4.55. The van der Waals surface area contributed by atoms with Gasteiger partial charge in [0.15, 0.2) is 15.2 Å². The summed E-state index contributed by atoms with van der Waals surface area (Å²) < 4.78 is 35.3. The molecular formula is C6H2ClF3N2O3S. The smallest absolute Gasteiger partial charge is 0.471 e. The Kier molecular flexibility index (Phi) is 3.38. The summed E-state index contributed by atoms with van der Waals surface area (Å²) in [6.07, 6.45) is -5.12. The van der Waals surface area contributed by atoms with Crippen molar-refractivity contribution in [3.05, 3.63) is 9.34 Å². The van der Waals surface area contributed by atoms with Gasteiger partial charge in [0.1, 0.15) is 0 Å². The molecule has 0 spiro atoms. The number of hydrogen-bond acceptors (Lipinski definition) is 4. The Morgan fingerprint density at radius 1 is 1.44 bits per heavy atom. The molecular weight excluding hydrogens is 273 g/mol. The molecule has 0 unspecified atom stereocenters. The summed E-state index contributed by atoms with van der Waals surface area (Å²) >= 11 is 5.77. The van der Waals surface area contributed by atoms with Crippen LogP contribution >= 0.6 is 22.9 Å². The van der Waals surface area contributed by atoms with Crippen LogP contribution in [0.1, 0.15) is 9.67 Å². The van der Waals surface area contributed by atoms with Crippen LogP contribution in [0.2, 0.25) is 4.47 Å². The van der Waals surface area contributed by atoms with Crippen LogP contribution in [0.4, 0.5) is 19.0 Å². The second-order valence-corrected chi connectivity index (χ2v) is 3.98. The topological polar surface area (TPSA) is 79.3 Å². The summed E-state index contributed by atoms with van der Waals surface area (Å²) in [7, 11) is 0. The minimum absolute atomic E-state index is 0.283. The van der Waals surface area contributed by atoms with E-state index in [9.17, 15) is 22.8 Å². The number of amides is 1. The molecule has 5 nitrogen and oxygen atoms in total. The first-order chi connectivity index (χ1) is 7.21. The average Bonchev–Trinajstić information content (AvgIpc) is 2.45. The first-order valence-corrected chi connectivity index (χ1v) is 4.69. The molecule has 1 heterocycles. The third-order valence-corrected chi connectivity index (χ3v) is 2.43. The highest BCUT2D eigenvalue weighted by atomic mass is 35.5. The summed E-state index contributed by atoms with van der Waals surface area (Å²) in [6, 6.07) is 0. The van der Waals surface area contributed by atoms with E-state index in [0.29, 0.717) is 11.3 Å². The quantitative estimate of drug-likeness (QED) is 0.864. The van der Waals surface area contributed by atoms with Crippen molar-refractivity contribution in [3.63, 3.8) is 0 Å². The van der Waals surface area contributed by atoms with E-state index in [2.05, 4.69) is 4.98 Å². The number of alkyl halides is 3. The first kappa shape index (κ1) is 12.7. The molecule has 88 valence electrons. The Bertz CT molecular complexity index is 445. The number of carbonyl (C=O) groups is 2. The van der Waals surface area contributed by atoms with Gasteiger partial charge in [0, 0.05) is 0 Å². The lowest BCUT2D eigenvalue weighted by atomic mass is 10.4. The lowest BCUT2D eigenvalue weighted by Crippen LogP contribution is -2.30. The molecule has 0 fully saturated rings. The highest BCUT2D eigenvalue weighted by Crippen LogP contribution is 2.28. The molecule has 0 radical (unpaired) electrons. The number of hydrogen-bond donors (Lipinski definition) is 2. The van der Waals surface area contributed by atoms with Crippen LogP contribution in [0.5, 0.6) is 0 Å². The Hall–Kier alpha value is -1.35. The van der Waals surface area contributed by atoms with Crippen LogP contribution < -0.4 is 5.32 Å². The van der Waals surface area contributed by atoms with Crippen molar-refractivity contribution in [1.82, 2.24) is 4.98 Å². The van der Waals surface area contributed by atoms with E-state index < -0.39 is 28.7 Å². The van der Waals surface area contributed by atoms with Crippen molar-refractivity contribution in [1.29, 1.82) is 0 Å². The van der Waals surface area contributed by atoms with E-state index in [4.69, 9.17) is 16.7 Å². The first-order valence-electron chi connectivity index (χ1n) is 3.49. The molecule has 1 rings (SSSR count). The van der Waals surface area contributed by atoms with Gasteiger partial charge >= 0.3 is 18.1 Å². The maximum Gasteiger partial charge on any atom is 0.471 e. The molecule has 0 aliphatic carbocycles. The van der Waals surface area contributed by atoms with Gasteiger partial charge < -0.3 is 10.4 Å². The number of halogens is 4. The van der Waals surface area contributed by atoms with E-state index in [-0.39, 0.29) is 4.47 Å². The second kappa shape index (κ2) is 4.26. The highest BCUT2D eigenvalue weighted by Gasteiger charge is 2.39. The van der Waals surface area contributed by atoms with Crippen LogP contribution in [0.25, 0.3) is 0 Å². The molecule has 10 heteroatoms. The SMILES string of the molecule is O=C(O)c1sc(Cl)nc1NC(=O)C(F)(F)F. The molecule has 1 aromatic heterocycles. The molecule has 0 saturated heterocycles. The molecule has 0 bridgehead atoms. The van der Waals surface area contributed by atoms with Crippen LogP contribution in [0, 0.1) is 0 Å². The number of aromatic nitrogens is 1. The Labute approximate surface area is 94.9 Å². The van der Waals surface area contributed by atoms with E-state index in [1.807, 2.05) is 0 Å². The van der Waals surface area contributed by atoms with Crippen molar-refractivity contribution in [2.45, 2.75) is 6.18 Å². The highest BCUT2D eigenvalue weighted by molar-refractivity contribution is 7.18. The van der Waals surface area contributed by atoms with Crippen molar-refractivity contribution >= 4 is 40.6 Å². The third kappa shape index (κ3) is 2.83. The summed E-state index contributed by atoms with van der Waals surface area (Å²) in [5.41, 5.74) is 0. The average molecular weight is 275 g/mol. The number of nitrogens with zero attached hydrogens (tertiary/aromatic N) is 1. The van der Waals surface area contributed by atoms with E-state index in [0.717, 1.165) is 0 Å². The maximum atomic E-state index is 11.9. The molecule has 1 aromatic rings. The van der Waals surface area contributed by atoms with Crippen LogP contribution in [-0.4, -0.2) is 28.1 Å². The number of nitrogens with one attached hydrogen (secondary N) is 1. The molecule has 2 N–H and O–H groups in total. The molecule has 1 amide bonds. The van der Waals surface area contributed by atoms with Crippen LogP contribution in [-0.2, 0) is 4.79 Å². The summed E-state index contributed by atoms with van der Waals surface area (Å²) in [4.78, 5) is 23.7. The molecule has 16 heavy (non-hydrogen) atoms. The number of aromatic carboxylic acids is 1. The fourth-order valence-corrected chi connectivity index (χ4v) is 1.60. The third-order valence-electron chi connectivity index (χ3n) is 1.28. The van der Waals surface area contributed by atoms with E-state index >= 15 is 0 Å². The predicted molar refractivity (Wildman–Crippen MR) is 48.8 cm³/mol. The van der Waals surface area contributed by atoms with Gasteiger partial charge in [-0.15, -0.1) is 0 Å². The van der Waals surface area contributed by atoms with E-state index in [1.54, 1.807) is 0 Å². The van der Waals surface area contributed by atoms with Gasteiger partial charge in [0.25, 0.3) is 0 Å². The van der Waals surface area contributed by atoms with Crippen molar-refractivity contribution < 1.29 is 27.9 Å². The zero-order chi connectivity index (χ0) is 12.5. The van der Waals surface area contributed by atoms with Gasteiger partial charge in [0.2, 0.25) is 0 Å². The second-order valence-electron chi connectivity index (χ2n) is 2.40. The maximum absolute atomic E-state index is 11.9. The molecule has 0 aliphatic heterocycles. The van der Waals surface area contributed by atoms with Gasteiger partial charge in [-0.2, -0.15) is 13.2 Å². The zero-order valence-corrected chi connectivity index (χ0v) is 8.70. The standard InChI is InChI=1S/C6H2ClF3N2O3S/c7-5-12-2(1(16-5)3(13)14)11-4(15)6(8,9)10/h(H,11,15)(H,13,14). The lowest BCUT2D eigenvalue weighted by molar-refractivity contribution is -0.167. The van der Waals surface area contributed by atoms with E-state index in [1.165, 1.54) is 5.32 Å². The molecule has 0 aromatic carbocycles. The Balaban J connectivity index is 2.98.